The topological polar surface area (TPSA) is 80.6 Å². The predicted octanol–water partition coefficient (Wildman–Crippen LogP) is 1.14. The predicted molar refractivity (Wildman–Crippen MR) is 74.8 cm³/mol. The summed E-state index contributed by atoms with van der Waals surface area (Å²) in [5.41, 5.74) is 1.35. The van der Waals surface area contributed by atoms with Gasteiger partial charge in [0, 0.05) is 13.0 Å². The SMILES string of the molecule is Cc1cocc1C(=O)N[C@H]1CCC(=O)N[C@@H]1C1CCCO1. The van der Waals surface area contributed by atoms with Gasteiger partial charge in [0.05, 0.1) is 30.0 Å². The van der Waals surface area contributed by atoms with Crippen molar-refractivity contribution in [3.63, 3.8) is 0 Å². The number of carbonyl (C=O) groups excluding carboxylic acids is 2. The summed E-state index contributed by atoms with van der Waals surface area (Å²) in [4.78, 5) is 24.0. The highest BCUT2D eigenvalue weighted by molar-refractivity contribution is 5.95. The smallest absolute Gasteiger partial charge is 0.255 e. The number of aryl methyl sites for hydroxylation is 1. The Kier molecular flexibility index (Phi) is 3.96. The van der Waals surface area contributed by atoms with Gasteiger partial charge >= 0.3 is 0 Å². The Labute approximate surface area is 123 Å². The summed E-state index contributed by atoms with van der Waals surface area (Å²) < 4.78 is 10.7. The van der Waals surface area contributed by atoms with Crippen molar-refractivity contribution in [2.24, 2.45) is 0 Å². The van der Waals surface area contributed by atoms with Crippen LogP contribution in [0.4, 0.5) is 0 Å². The summed E-state index contributed by atoms with van der Waals surface area (Å²) in [6.07, 6.45) is 5.98. The number of piperidine rings is 1. The number of amides is 2. The Morgan fingerprint density at radius 1 is 1.38 bits per heavy atom. The van der Waals surface area contributed by atoms with Crippen LogP contribution in [0.25, 0.3) is 0 Å². The molecule has 2 aliphatic rings. The molecule has 2 fully saturated rings. The largest absolute Gasteiger partial charge is 0.471 e. The van der Waals surface area contributed by atoms with Gasteiger partial charge in [-0.2, -0.15) is 0 Å². The van der Waals surface area contributed by atoms with Crippen molar-refractivity contribution in [1.29, 1.82) is 0 Å². The average Bonchev–Trinajstić information content (AvgIpc) is 3.11. The minimum absolute atomic E-state index is 0.00926. The summed E-state index contributed by atoms with van der Waals surface area (Å²) in [5.74, 6) is -0.133. The maximum atomic E-state index is 12.3. The highest BCUT2D eigenvalue weighted by Crippen LogP contribution is 2.23. The van der Waals surface area contributed by atoms with E-state index in [1.165, 1.54) is 6.26 Å². The van der Waals surface area contributed by atoms with Crippen molar-refractivity contribution >= 4 is 11.8 Å². The molecule has 6 heteroatoms. The fraction of sp³-hybridized carbons (Fsp3) is 0.600. The third-order valence-electron chi connectivity index (χ3n) is 4.23. The maximum absolute atomic E-state index is 12.3. The number of carbonyl (C=O) groups is 2. The van der Waals surface area contributed by atoms with Gasteiger partial charge in [-0.15, -0.1) is 0 Å². The molecular formula is C15H20N2O4. The van der Waals surface area contributed by atoms with Crippen LogP contribution in [0, 0.1) is 6.92 Å². The van der Waals surface area contributed by atoms with Crippen LogP contribution in [0.1, 0.15) is 41.6 Å². The zero-order chi connectivity index (χ0) is 14.8. The molecule has 114 valence electrons. The van der Waals surface area contributed by atoms with Crippen LogP contribution in [-0.2, 0) is 9.53 Å². The molecule has 3 heterocycles. The number of nitrogens with one attached hydrogen (secondary N) is 2. The molecule has 3 rings (SSSR count). The Bertz CT molecular complexity index is 534. The van der Waals surface area contributed by atoms with E-state index in [-0.39, 0.29) is 30.0 Å². The molecular weight excluding hydrogens is 272 g/mol. The molecule has 6 nitrogen and oxygen atoms in total. The van der Waals surface area contributed by atoms with E-state index < -0.39 is 0 Å². The third-order valence-corrected chi connectivity index (χ3v) is 4.23. The minimum Gasteiger partial charge on any atom is -0.471 e. The van der Waals surface area contributed by atoms with E-state index >= 15 is 0 Å². The first-order valence-electron chi connectivity index (χ1n) is 7.40. The van der Waals surface area contributed by atoms with Crippen molar-refractivity contribution in [3.8, 4) is 0 Å². The molecule has 0 aliphatic carbocycles. The Morgan fingerprint density at radius 2 is 2.24 bits per heavy atom. The van der Waals surface area contributed by atoms with Crippen LogP contribution in [0.3, 0.4) is 0 Å². The molecule has 2 N–H and O–H groups in total. The van der Waals surface area contributed by atoms with Crippen molar-refractivity contribution < 1.29 is 18.7 Å². The Morgan fingerprint density at radius 3 is 2.90 bits per heavy atom. The normalized spacial score (nSPS) is 29.2. The van der Waals surface area contributed by atoms with Gasteiger partial charge in [0.2, 0.25) is 5.91 Å². The van der Waals surface area contributed by atoms with Crippen LogP contribution in [0.15, 0.2) is 16.9 Å². The fourth-order valence-electron chi connectivity index (χ4n) is 3.06. The van der Waals surface area contributed by atoms with Gasteiger partial charge in [0.25, 0.3) is 5.91 Å². The first kappa shape index (κ1) is 14.1. The number of hydrogen-bond donors (Lipinski definition) is 2. The second-order valence-corrected chi connectivity index (χ2v) is 5.73. The van der Waals surface area contributed by atoms with Crippen molar-refractivity contribution in [3.05, 3.63) is 23.7 Å². The minimum atomic E-state index is -0.162. The summed E-state index contributed by atoms with van der Waals surface area (Å²) >= 11 is 0. The van der Waals surface area contributed by atoms with E-state index in [1.54, 1.807) is 6.26 Å². The monoisotopic (exact) mass is 292 g/mol. The molecule has 2 amide bonds. The van der Waals surface area contributed by atoms with Gasteiger partial charge in [-0.25, -0.2) is 0 Å². The van der Waals surface area contributed by atoms with Gasteiger partial charge in [-0.1, -0.05) is 0 Å². The molecule has 0 spiro atoms. The summed E-state index contributed by atoms with van der Waals surface area (Å²) in [5, 5.41) is 5.99. The van der Waals surface area contributed by atoms with Crippen molar-refractivity contribution in [2.75, 3.05) is 6.61 Å². The van der Waals surface area contributed by atoms with Crippen LogP contribution >= 0.6 is 0 Å². The van der Waals surface area contributed by atoms with Crippen LogP contribution in [-0.4, -0.2) is 36.6 Å². The molecule has 3 atom stereocenters. The van der Waals surface area contributed by atoms with Gasteiger partial charge < -0.3 is 19.8 Å². The highest BCUT2D eigenvalue weighted by atomic mass is 16.5. The summed E-state index contributed by atoms with van der Waals surface area (Å²) in [7, 11) is 0. The second kappa shape index (κ2) is 5.89. The lowest BCUT2D eigenvalue weighted by Crippen LogP contribution is -2.60. The zero-order valence-electron chi connectivity index (χ0n) is 12.1. The Balaban J connectivity index is 1.71. The second-order valence-electron chi connectivity index (χ2n) is 5.73. The lowest BCUT2D eigenvalue weighted by molar-refractivity contribution is -0.125. The lowest BCUT2D eigenvalue weighted by atomic mass is 9.92. The lowest BCUT2D eigenvalue weighted by Gasteiger charge is -2.36. The van der Waals surface area contributed by atoms with Gasteiger partial charge in [0.15, 0.2) is 0 Å². The maximum Gasteiger partial charge on any atom is 0.255 e. The van der Waals surface area contributed by atoms with E-state index in [2.05, 4.69) is 10.6 Å². The molecule has 1 aromatic heterocycles. The molecule has 1 aromatic rings. The van der Waals surface area contributed by atoms with Gasteiger partial charge in [-0.05, 0) is 31.7 Å². The fourth-order valence-corrected chi connectivity index (χ4v) is 3.06. The molecule has 0 radical (unpaired) electrons. The van der Waals surface area contributed by atoms with E-state index in [9.17, 15) is 9.59 Å². The number of hydrogen-bond acceptors (Lipinski definition) is 4. The van der Waals surface area contributed by atoms with Crippen LogP contribution in [0.5, 0.6) is 0 Å². The van der Waals surface area contributed by atoms with E-state index in [4.69, 9.17) is 9.15 Å². The van der Waals surface area contributed by atoms with Crippen LogP contribution in [0.2, 0.25) is 0 Å². The zero-order valence-corrected chi connectivity index (χ0v) is 12.1. The molecule has 2 saturated heterocycles. The molecule has 0 bridgehead atoms. The highest BCUT2D eigenvalue weighted by Gasteiger charge is 2.37. The molecule has 0 aromatic carbocycles. The van der Waals surface area contributed by atoms with E-state index in [1.807, 2.05) is 6.92 Å². The first-order chi connectivity index (χ1) is 10.1. The van der Waals surface area contributed by atoms with Gasteiger partial charge in [0.1, 0.15) is 6.26 Å². The van der Waals surface area contributed by atoms with Gasteiger partial charge in [-0.3, -0.25) is 9.59 Å². The molecule has 21 heavy (non-hydrogen) atoms. The number of rotatable bonds is 3. The molecule has 1 unspecified atom stereocenters. The molecule has 0 saturated carbocycles. The first-order valence-corrected chi connectivity index (χ1v) is 7.40. The molecule has 2 aliphatic heterocycles. The van der Waals surface area contributed by atoms with Crippen molar-refractivity contribution in [2.45, 2.75) is 50.8 Å². The number of furan rings is 1. The summed E-state index contributed by atoms with van der Waals surface area (Å²) in [6, 6.07) is -0.252. The average molecular weight is 292 g/mol. The van der Waals surface area contributed by atoms with Crippen molar-refractivity contribution in [1.82, 2.24) is 10.6 Å². The summed E-state index contributed by atoms with van der Waals surface area (Å²) in [6.45, 7) is 2.55. The van der Waals surface area contributed by atoms with Crippen LogP contribution < -0.4 is 10.6 Å². The number of ether oxygens (including phenoxy) is 1. The standard InChI is InChI=1S/C15H20N2O4/c1-9-7-20-8-10(9)15(19)16-11-4-5-13(18)17-14(11)12-3-2-6-21-12/h7-8,11-12,14H,2-6H2,1H3,(H,16,19)(H,17,18)/t11-,12?,14-/m0/s1. The quantitative estimate of drug-likeness (QED) is 0.875. The van der Waals surface area contributed by atoms with E-state index in [0.29, 0.717) is 18.4 Å². The third kappa shape index (κ3) is 2.95. The Hall–Kier alpha value is -1.82. The van der Waals surface area contributed by atoms with E-state index in [0.717, 1.165) is 25.0 Å².